The van der Waals surface area contributed by atoms with Crippen molar-refractivity contribution < 1.29 is 4.74 Å². The first kappa shape index (κ1) is 13.7. The predicted octanol–water partition coefficient (Wildman–Crippen LogP) is 0.363. The lowest BCUT2D eigenvalue weighted by molar-refractivity contribution is 0.113. The minimum absolute atomic E-state index is 0.382. The molecule has 1 fully saturated rings. The smallest absolute Gasteiger partial charge is 0.183 e. The van der Waals surface area contributed by atoms with Crippen LogP contribution in [0.1, 0.15) is 5.69 Å². The van der Waals surface area contributed by atoms with Crippen LogP contribution in [0.25, 0.3) is 0 Å². The summed E-state index contributed by atoms with van der Waals surface area (Å²) in [7, 11) is 4.11. The summed E-state index contributed by atoms with van der Waals surface area (Å²) >= 11 is 0. The molecule has 0 radical (unpaired) electrons. The molecule has 0 amide bonds. The van der Waals surface area contributed by atoms with Crippen LogP contribution in [0, 0.1) is 17.2 Å². The van der Waals surface area contributed by atoms with E-state index < -0.39 is 0 Å². The Morgan fingerprint density at radius 3 is 3.00 bits per heavy atom. The number of hydrogen-bond donors (Lipinski definition) is 0. The lowest BCUT2D eigenvalue weighted by atomic mass is 10.1. The number of hydrogen-bond acceptors (Lipinski definition) is 6. The first-order valence-electron chi connectivity index (χ1n) is 6.39. The topological polar surface area (TPSA) is 65.3 Å². The zero-order valence-electron chi connectivity index (χ0n) is 11.4. The predicted molar refractivity (Wildman–Crippen MR) is 71.8 cm³/mol. The Labute approximate surface area is 113 Å². The third-order valence-electron chi connectivity index (χ3n) is 3.05. The highest BCUT2D eigenvalue weighted by Gasteiger charge is 2.22. The Morgan fingerprint density at radius 2 is 2.26 bits per heavy atom. The summed E-state index contributed by atoms with van der Waals surface area (Å²) in [5.74, 6) is 1.07. The van der Waals surface area contributed by atoms with Crippen molar-refractivity contribution >= 4 is 5.82 Å². The maximum absolute atomic E-state index is 9.11. The van der Waals surface area contributed by atoms with Crippen LogP contribution in [0.3, 0.4) is 0 Å². The van der Waals surface area contributed by atoms with E-state index in [1.54, 1.807) is 12.4 Å². The fourth-order valence-corrected chi connectivity index (χ4v) is 2.34. The summed E-state index contributed by atoms with van der Waals surface area (Å²) in [6.07, 6.45) is 3.18. The van der Waals surface area contributed by atoms with E-state index >= 15 is 0 Å². The molecule has 19 heavy (non-hydrogen) atoms. The molecule has 1 aromatic rings. The Bertz CT molecular complexity index is 457. The molecule has 0 N–H and O–H groups in total. The molecule has 2 heterocycles. The SMILES string of the molecule is CN(C)C[C@@H]1COCCN(c2nccnc2C#N)C1. The highest BCUT2D eigenvalue weighted by atomic mass is 16.5. The Hall–Kier alpha value is -1.71. The van der Waals surface area contributed by atoms with Gasteiger partial charge in [-0.15, -0.1) is 0 Å². The summed E-state index contributed by atoms with van der Waals surface area (Å²) in [5, 5.41) is 9.11. The van der Waals surface area contributed by atoms with Gasteiger partial charge in [-0.25, -0.2) is 9.97 Å². The molecule has 1 atom stereocenters. The first-order valence-corrected chi connectivity index (χ1v) is 6.39. The molecule has 1 aliphatic rings. The Balaban J connectivity index is 2.16. The van der Waals surface area contributed by atoms with Crippen molar-refractivity contribution in [1.29, 1.82) is 5.26 Å². The molecule has 0 aromatic carbocycles. The largest absolute Gasteiger partial charge is 0.379 e. The van der Waals surface area contributed by atoms with Gasteiger partial charge in [-0.2, -0.15) is 5.26 Å². The Kier molecular flexibility index (Phi) is 4.66. The van der Waals surface area contributed by atoms with Crippen LogP contribution < -0.4 is 4.90 Å². The van der Waals surface area contributed by atoms with E-state index in [1.807, 2.05) is 0 Å². The number of rotatable bonds is 3. The van der Waals surface area contributed by atoms with E-state index in [0.29, 0.717) is 24.0 Å². The van der Waals surface area contributed by atoms with Gasteiger partial charge in [0.05, 0.1) is 13.2 Å². The van der Waals surface area contributed by atoms with E-state index in [1.165, 1.54) is 0 Å². The third-order valence-corrected chi connectivity index (χ3v) is 3.05. The molecule has 0 aliphatic carbocycles. The van der Waals surface area contributed by atoms with Crippen molar-refractivity contribution in [3.05, 3.63) is 18.1 Å². The van der Waals surface area contributed by atoms with Gasteiger partial charge >= 0.3 is 0 Å². The number of nitrogens with zero attached hydrogens (tertiary/aromatic N) is 5. The average molecular weight is 261 g/mol. The number of aromatic nitrogens is 2. The van der Waals surface area contributed by atoms with Crippen LogP contribution in [0.15, 0.2) is 12.4 Å². The minimum atomic E-state index is 0.382. The summed E-state index contributed by atoms with van der Waals surface area (Å²) in [5.41, 5.74) is 0.382. The normalized spacial score (nSPS) is 20.1. The van der Waals surface area contributed by atoms with Gasteiger partial charge in [0.2, 0.25) is 0 Å². The molecule has 1 aliphatic heterocycles. The Morgan fingerprint density at radius 1 is 1.47 bits per heavy atom. The van der Waals surface area contributed by atoms with Gasteiger partial charge < -0.3 is 14.5 Å². The standard InChI is InChI=1S/C13H19N5O/c1-17(2)8-11-9-18(5-6-19-10-11)13-12(7-14)15-3-4-16-13/h3-4,11H,5-6,8-10H2,1-2H3/t11-/m0/s1. The van der Waals surface area contributed by atoms with E-state index in [2.05, 4.69) is 39.9 Å². The van der Waals surface area contributed by atoms with E-state index in [-0.39, 0.29) is 0 Å². The first-order chi connectivity index (χ1) is 9.20. The van der Waals surface area contributed by atoms with Crippen molar-refractivity contribution in [3.63, 3.8) is 0 Å². The zero-order valence-corrected chi connectivity index (χ0v) is 11.4. The van der Waals surface area contributed by atoms with Gasteiger partial charge in [-0.05, 0) is 14.1 Å². The van der Waals surface area contributed by atoms with Crippen molar-refractivity contribution in [3.8, 4) is 6.07 Å². The van der Waals surface area contributed by atoms with Crippen LogP contribution in [0.5, 0.6) is 0 Å². The van der Waals surface area contributed by atoms with Crippen LogP contribution in [0.4, 0.5) is 5.82 Å². The number of ether oxygens (including phenoxy) is 1. The van der Waals surface area contributed by atoms with Crippen LogP contribution in [-0.4, -0.2) is 61.8 Å². The summed E-state index contributed by atoms with van der Waals surface area (Å²) in [6, 6.07) is 2.10. The van der Waals surface area contributed by atoms with Crippen LogP contribution in [-0.2, 0) is 4.74 Å². The maximum atomic E-state index is 9.11. The van der Waals surface area contributed by atoms with Gasteiger partial charge in [0, 0.05) is 37.9 Å². The van der Waals surface area contributed by atoms with E-state index in [0.717, 1.165) is 26.2 Å². The molecular weight excluding hydrogens is 242 g/mol. The molecule has 1 aromatic heterocycles. The minimum Gasteiger partial charge on any atom is -0.379 e. The molecule has 0 spiro atoms. The lowest BCUT2D eigenvalue weighted by Crippen LogP contribution is -2.35. The molecule has 0 unspecified atom stereocenters. The van der Waals surface area contributed by atoms with Crippen LogP contribution in [0.2, 0.25) is 0 Å². The van der Waals surface area contributed by atoms with Gasteiger partial charge in [0.25, 0.3) is 0 Å². The fourth-order valence-electron chi connectivity index (χ4n) is 2.34. The second kappa shape index (κ2) is 6.45. The van der Waals surface area contributed by atoms with Crippen LogP contribution >= 0.6 is 0 Å². The summed E-state index contributed by atoms with van der Waals surface area (Å²) in [4.78, 5) is 12.6. The molecule has 0 bridgehead atoms. The highest BCUT2D eigenvalue weighted by Crippen LogP contribution is 2.18. The highest BCUT2D eigenvalue weighted by molar-refractivity contribution is 5.49. The quantitative estimate of drug-likeness (QED) is 0.783. The fraction of sp³-hybridized carbons (Fsp3) is 0.615. The molecule has 6 heteroatoms. The second-order valence-corrected chi connectivity index (χ2v) is 4.99. The molecule has 6 nitrogen and oxygen atoms in total. The molecule has 2 rings (SSSR count). The zero-order chi connectivity index (χ0) is 13.7. The lowest BCUT2D eigenvalue weighted by Gasteiger charge is -2.26. The summed E-state index contributed by atoms with van der Waals surface area (Å²) in [6.45, 7) is 3.95. The van der Waals surface area contributed by atoms with E-state index in [9.17, 15) is 0 Å². The van der Waals surface area contributed by atoms with Crippen molar-refractivity contribution in [1.82, 2.24) is 14.9 Å². The molecule has 0 saturated carbocycles. The number of anilines is 1. The third kappa shape index (κ3) is 3.63. The van der Waals surface area contributed by atoms with Crippen molar-refractivity contribution in [2.24, 2.45) is 5.92 Å². The molecule has 1 saturated heterocycles. The summed E-state index contributed by atoms with van der Waals surface area (Å²) < 4.78 is 5.63. The molecule has 102 valence electrons. The van der Waals surface area contributed by atoms with Gasteiger partial charge in [-0.1, -0.05) is 0 Å². The van der Waals surface area contributed by atoms with E-state index in [4.69, 9.17) is 10.00 Å². The van der Waals surface area contributed by atoms with Crippen molar-refractivity contribution in [2.75, 3.05) is 51.8 Å². The van der Waals surface area contributed by atoms with Gasteiger partial charge in [0.15, 0.2) is 11.5 Å². The van der Waals surface area contributed by atoms with Gasteiger partial charge in [-0.3, -0.25) is 0 Å². The van der Waals surface area contributed by atoms with Gasteiger partial charge in [0.1, 0.15) is 6.07 Å². The number of nitriles is 1. The molecular formula is C13H19N5O. The monoisotopic (exact) mass is 261 g/mol. The van der Waals surface area contributed by atoms with Crippen molar-refractivity contribution in [2.45, 2.75) is 0 Å². The second-order valence-electron chi connectivity index (χ2n) is 4.99. The maximum Gasteiger partial charge on any atom is 0.183 e. The average Bonchev–Trinajstić information content (AvgIpc) is 2.63.